The van der Waals surface area contributed by atoms with Crippen molar-refractivity contribution in [1.82, 2.24) is 10.6 Å². The zero-order valence-electron chi connectivity index (χ0n) is 18.9. The predicted molar refractivity (Wildman–Crippen MR) is 117 cm³/mol. The molecule has 2 aromatic rings. The van der Waals surface area contributed by atoms with Crippen LogP contribution in [0.2, 0.25) is 0 Å². The van der Waals surface area contributed by atoms with E-state index in [1.54, 1.807) is 0 Å². The van der Waals surface area contributed by atoms with E-state index in [4.69, 9.17) is 9.47 Å². The number of ether oxygens (including phenoxy) is 4. The van der Waals surface area contributed by atoms with Crippen LogP contribution in [0.25, 0.3) is 0 Å². The Balaban J connectivity index is 1.14. The van der Waals surface area contributed by atoms with Crippen LogP contribution in [-0.2, 0) is 28.5 Å². The number of esters is 6. The van der Waals surface area contributed by atoms with E-state index >= 15 is 0 Å². The minimum Gasteiger partial charge on any atom is -0.459 e. The molecular weight excluding hydrogens is 508 g/mol. The summed E-state index contributed by atoms with van der Waals surface area (Å²) in [7, 11) is 0. The third-order valence-corrected chi connectivity index (χ3v) is 5.79. The Morgan fingerprint density at radius 1 is 0.605 bits per heavy atom. The quantitative estimate of drug-likeness (QED) is 0.275. The fourth-order valence-electron chi connectivity index (χ4n) is 3.82. The SMILES string of the molecule is O=C(OCC1NC(=O)C(COC(=O)c2ccc3c(c2)C(=O)OC3=O)NC1=O)c1ccc2c(c1)C(=O)OC2=O. The van der Waals surface area contributed by atoms with Gasteiger partial charge in [0.25, 0.3) is 0 Å². The maximum Gasteiger partial charge on any atom is 0.346 e. The number of hydrogen-bond donors (Lipinski definition) is 2. The monoisotopic (exact) mass is 522 g/mol. The minimum atomic E-state index is -1.25. The van der Waals surface area contributed by atoms with Crippen LogP contribution in [0.3, 0.4) is 0 Å². The number of benzene rings is 2. The van der Waals surface area contributed by atoms with Crippen molar-refractivity contribution in [2.75, 3.05) is 13.2 Å². The second kappa shape index (κ2) is 9.24. The first kappa shape index (κ1) is 24.3. The molecule has 2 atom stereocenters. The molecule has 1 saturated heterocycles. The number of rotatable bonds is 6. The Hall–Kier alpha value is -5.40. The molecule has 3 aliphatic heterocycles. The summed E-state index contributed by atoms with van der Waals surface area (Å²) in [6, 6.07) is 4.69. The molecule has 0 radical (unpaired) electrons. The molecule has 2 amide bonds. The third-order valence-electron chi connectivity index (χ3n) is 5.79. The average Bonchev–Trinajstić information content (AvgIpc) is 3.35. The Morgan fingerprint density at radius 3 is 1.37 bits per heavy atom. The van der Waals surface area contributed by atoms with Crippen molar-refractivity contribution >= 4 is 47.6 Å². The lowest BCUT2D eigenvalue weighted by Gasteiger charge is -2.28. The summed E-state index contributed by atoms with van der Waals surface area (Å²) in [4.78, 5) is 95.8. The standard InChI is InChI=1S/C24H14N2O12/c27-17-15(7-35-19(29)9-1-3-11-13(5-9)23(33)37-21(11)31)25-18(28)16(26-17)8-36-20(30)10-2-4-12-14(6-10)24(34)38-22(12)32/h1-6,15-16H,7-8H2,(H,25,28)(H,26,27). The van der Waals surface area contributed by atoms with Crippen LogP contribution in [0.4, 0.5) is 0 Å². The van der Waals surface area contributed by atoms with Crippen LogP contribution >= 0.6 is 0 Å². The number of cyclic esters (lactones) is 4. The summed E-state index contributed by atoms with van der Waals surface area (Å²) in [6.07, 6.45) is 0. The first-order valence-corrected chi connectivity index (χ1v) is 10.9. The van der Waals surface area contributed by atoms with Gasteiger partial charge in [0.2, 0.25) is 11.8 Å². The summed E-state index contributed by atoms with van der Waals surface area (Å²) in [5.74, 6) is -6.75. The molecule has 0 saturated carbocycles. The number of piperazine rings is 1. The molecule has 3 heterocycles. The van der Waals surface area contributed by atoms with Gasteiger partial charge in [0, 0.05) is 0 Å². The first-order chi connectivity index (χ1) is 18.1. The van der Waals surface area contributed by atoms with Gasteiger partial charge >= 0.3 is 35.8 Å². The van der Waals surface area contributed by atoms with Gasteiger partial charge in [-0.2, -0.15) is 0 Å². The molecule has 2 N–H and O–H groups in total. The van der Waals surface area contributed by atoms with E-state index in [2.05, 4.69) is 20.1 Å². The number of hydrogen-bond acceptors (Lipinski definition) is 12. The van der Waals surface area contributed by atoms with Gasteiger partial charge in [0.15, 0.2) is 0 Å². The van der Waals surface area contributed by atoms with Crippen LogP contribution in [-0.4, -0.2) is 72.9 Å². The van der Waals surface area contributed by atoms with E-state index in [0.29, 0.717) is 0 Å². The molecule has 0 spiro atoms. The molecule has 0 bridgehead atoms. The van der Waals surface area contributed by atoms with Gasteiger partial charge < -0.3 is 29.6 Å². The number of fused-ring (bicyclic) bond motifs is 2. The molecule has 0 aliphatic carbocycles. The molecule has 1 fully saturated rings. The molecule has 14 heteroatoms. The van der Waals surface area contributed by atoms with Crippen LogP contribution in [0.1, 0.15) is 62.1 Å². The summed E-state index contributed by atoms with van der Waals surface area (Å²) in [5.41, 5.74) is -0.339. The lowest BCUT2D eigenvalue weighted by Crippen LogP contribution is -2.64. The third kappa shape index (κ3) is 4.34. The second-order valence-corrected chi connectivity index (χ2v) is 8.19. The second-order valence-electron chi connectivity index (χ2n) is 8.19. The zero-order valence-corrected chi connectivity index (χ0v) is 18.9. The maximum absolute atomic E-state index is 12.4. The van der Waals surface area contributed by atoms with E-state index in [9.17, 15) is 38.4 Å². The van der Waals surface area contributed by atoms with Crippen LogP contribution in [0, 0.1) is 0 Å². The van der Waals surface area contributed by atoms with Gasteiger partial charge in [-0.25, -0.2) is 28.8 Å². The van der Waals surface area contributed by atoms with Crippen LogP contribution in [0.5, 0.6) is 0 Å². The lowest BCUT2D eigenvalue weighted by molar-refractivity contribution is -0.138. The molecule has 2 unspecified atom stereocenters. The molecule has 14 nitrogen and oxygen atoms in total. The van der Waals surface area contributed by atoms with Crippen molar-refractivity contribution in [3.63, 3.8) is 0 Å². The highest BCUT2D eigenvalue weighted by Gasteiger charge is 2.36. The summed E-state index contributed by atoms with van der Waals surface area (Å²) < 4.78 is 19.0. The van der Waals surface area contributed by atoms with Crippen molar-refractivity contribution in [1.29, 1.82) is 0 Å². The molecule has 3 aliphatic rings. The van der Waals surface area contributed by atoms with Crippen LogP contribution in [0.15, 0.2) is 36.4 Å². The lowest BCUT2D eigenvalue weighted by atomic mass is 10.1. The summed E-state index contributed by atoms with van der Waals surface area (Å²) in [6.45, 7) is -1.10. The topological polar surface area (TPSA) is 198 Å². The number of amides is 2. The van der Waals surface area contributed by atoms with Crippen molar-refractivity contribution in [3.05, 3.63) is 69.8 Å². The van der Waals surface area contributed by atoms with Crippen molar-refractivity contribution in [2.24, 2.45) is 0 Å². The molecular formula is C24H14N2O12. The van der Waals surface area contributed by atoms with E-state index < -0.39 is 72.9 Å². The average molecular weight is 522 g/mol. The normalized spacial score (nSPS) is 19.6. The Labute approximate surface area is 211 Å². The van der Waals surface area contributed by atoms with Gasteiger partial charge in [-0.15, -0.1) is 0 Å². The highest BCUT2D eigenvalue weighted by atomic mass is 16.6. The molecule has 192 valence electrons. The Bertz CT molecular complexity index is 1380. The predicted octanol–water partition coefficient (Wildman–Crippen LogP) is -0.695. The van der Waals surface area contributed by atoms with Gasteiger partial charge in [0.05, 0.1) is 33.4 Å². The van der Waals surface area contributed by atoms with Gasteiger partial charge in [0.1, 0.15) is 25.3 Å². The summed E-state index contributed by atoms with van der Waals surface area (Å²) in [5, 5.41) is 4.70. The van der Waals surface area contributed by atoms with Gasteiger partial charge in [-0.05, 0) is 36.4 Å². The minimum absolute atomic E-state index is 0.00555. The van der Waals surface area contributed by atoms with E-state index in [-0.39, 0.29) is 33.4 Å². The fraction of sp³-hybridized carbons (Fsp3) is 0.167. The van der Waals surface area contributed by atoms with Gasteiger partial charge in [-0.3, -0.25) is 9.59 Å². The highest BCUT2D eigenvalue weighted by molar-refractivity contribution is 6.16. The molecule has 38 heavy (non-hydrogen) atoms. The Kier molecular flexibility index (Phi) is 5.91. The molecule has 5 rings (SSSR count). The van der Waals surface area contributed by atoms with Crippen molar-refractivity contribution in [2.45, 2.75) is 12.1 Å². The summed E-state index contributed by atoms with van der Waals surface area (Å²) >= 11 is 0. The van der Waals surface area contributed by atoms with E-state index in [1.807, 2.05) is 0 Å². The van der Waals surface area contributed by atoms with Crippen LogP contribution < -0.4 is 10.6 Å². The number of carbonyl (C=O) groups excluding carboxylic acids is 8. The van der Waals surface area contributed by atoms with E-state index in [0.717, 1.165) is 12.1 Å². The zero-order chi connectivity index (χ0) is 27.1. The molecule has 0 aromatic heterocycles. The number of nitrogens with one attached hydrogen (secondary N) is 2. The Morgan fingerprint density at radius 2 is 0.974 bits per heavy atom. The highest BCUT2D eigenvalue weighted by Crippen LogP contribution is 2.23. The van der Waals surface area contributed by atoms with Gasteiger partial charge in [-0.1, -0.05) is 0 Å². The van der Waals surface area contributed by atoms with E-state index in [1.165, 1.54) is 24.3 Å². The largest absolute Gasteiger partial charge is 0.459 e. The fourth-order valence-corrected chi connectivity index (χ4v) is 3.82. The maximum atomic E-state index is 12.4. The first-order valence-electron chi connectivity index (χ1n) is 10.9. The smallest absolute Gasteiger partial charge is 0.346 e. The number of carbonyl (C=O) groups is 8. The molecule has 2 aromatic carbocycles. The van der Waals surface area contributed by atoms with Crippen molar-refractivity contribution in [3.8, 4) is 0 Å². The van der Waals surface area contributed by atoms with Crippen molar-refractivity contribution < 1.29 is 57.3 Å².